The Hall–Kier alpha value is -5.98. The van der Waals surface area contributed by atoms with E-state index in [-0.39, 0.29) is 12.0 Å². The molecule has 0 saturated heterocycles. The lowest BCUT2D eigenvalue weighted by molar-refractivity contribution is 0.0853. The summed E-state index contributed by atoms with van der Waals surface area (Å²) in [4.78, 5) is 18.4. The fourth-order valence-corrected chi connectivity index (χ4v) is 5.98. The zero-order chi connectivity index (χ0) is 35.9. The van der Waals surface area contributed by atoms with Crippen LogP contribution in [0.4, 0.5) is 5.69 Å². The van der Waals surface area contributed by atoms with Crippen molar-refractivity contribution in [3.05, 3.63) is 89.0 Å². The Balaban J connectivity index is 1.06. The van der Waals surface area contributed by atoms with Crippen molar-refractivity contribution in [2.45, 2.75) is 25.1 Å². The molecule has 4 aromatic carbocycles. The van der Waals surface area contributed by atoms with Gasteiger partial charge >= 0.3 is 0 Å². The molecule has 13 nitrogen and oxygen atoms in total. The summed E-state index contributed by atoms with van der Waals surface area (Å²) in [6, 6.07) is 20.4. The van der Waals surface area contributed by atoms with Gasteiger partial charge in [0.05, 0.1) is 67.1 Å². The van der Waals surface area contributed by atoms with Gasteiger partial charge in [0.1, 0.15) is 6.17 Å². The molecule has 268 valence electrons. The summed E-state index contributed by atoms with van der Waals surface area (Å²) in [6.07, 6.45) is 0.287. The topological polar surface area (TPSA) is 137 Å². The van der Waals surface area contributed by atoms with E-state index >= 15 is 0 Å². The highest BCUT2D eigenvalue weighted by Crippen LogP contribution is 2.44. The molecule has 0 saturated carbocycles. The number of nitrogens with zero attached hydrogens (tertiary/aromatic N) is 1. The smallest absolute Gasteiger partial charge is 0.255 e. The number of carbonyl (C=O) groups is 1. The lowest BCUT2D eigenvalue weighted by atomic mass is 9.99. The number of rotatable bonds is 15. The fraction of sp³-hybridized carbons (Fsp3) is 0.316. The number of ether oxygens (including phenoxy) is 8. The number of carbonyl (C=O) groups excluding carboxylic acids is 1. The van der Waals surface area contributed by atoms with E-state index < -0.39 is 6.17 Å². The van der Waals surface area contributed by atoms with Crippen molar-refractivity contribution in [2.24, 2.45) is 5.16 Å². The lowest BCUT2D eigenvalue weighted by Gasteiger charge is -2.28. The molecule has 4 aromatic rings. The maximum absolute atomic E-state index is 12.6. The van der Waals surface area contributed by atoms with Gasteiger partial charge in [-0.15, -0.1) is 0 Å². The van der Waals surface area contributed by atoms with Crippen LogP contribution in [0.5, 0.6) is 46.0 Å². The summed E-state index contributed by atoms with van der Waals surface area (Å²) in [5.74, 6) is 4.01. The monoisotopic (exact) mass is 699 g/mol. The number of anilines is 1. The summed E-state index contributed by atoms with van der Waals surface area (Å²) >= 11 is 0. The van der Waals surface area contributed by atoms with Crippen molar-refractivity contribution in [3.8, 4) is 46.0 Å². The first kappa shape index (κ1) is 34.9. The first-order chi connectivity index (χ1) is 24.9. The van der Waals surface area contributed by atoms with Gasteiger partial charge in [-0.1, -0.05) is 23.4 Å². The van der Waals surface area contributed by atoms with Crippen molar-refractivity contribution in [2.75, 3.05) is 61.2 Å². The second-order valence-corrected chi connectivity index (χ2v) is 11.6. The average molecular weight is 700 g/mol. The molecule has 2 N–H and O–H groups in total. The number of hydrogen-bond donors (Lipinski definition) is 2. The van der Waals surface area contributed by atoms with Gasteiger partial charge in [0.2, 0.25) is 11.5 Å². The molecule has 0 fully saturated rings. The van der Waals surface area contributed by atoms with Gasteiger partial charge in [-0.25, -0.2) is 0 Å². The fourth-order valence-electron chi connectivity index (χ4n) is 5.98. The molecular weight excluding hydrogens is 658 g/mol. The highest BCUT2D eigenvalue weighted by Gasteiger charge is 2.29. The number of methoxy groups -OCH3 is 6. The zero-order valence-corrected chi connectivity index (χ0v) is 29.4. The summed E-state index contributed by atoms with van der Waals surface area (Å²) in [5, 5.41) is 10.7. The van der Waals surface area contributed by atoms with Gasteiger partial charge in [0.25, 0.3) is 5.91 Å². The SMILES string of the molecule is COc1cc(C2NC(=O)c3ccccc3N2)ccc1OCCCOc1c(OC)cc(C2=NOC(c3cc(OC)c(OC)c(OC)c3)C2)cc1OC. The van der Waals surface area contributed by atoms with Gasteiger partial charge in [-0.2, -0.15) is 0 Å². The Morgan fingerprint density at radius 2 is 1.29 bits per heavy atom. The Morgan fingerprint density at radius 3 is 1.96 bits per heavy atom. The molecule has 0 aliphatic carbocycles. The van der Waals surface area contributed by atoms with Crippen molar-refractivity contribution >= 4 is 17.3 Å². The molecule has 0 bridgehead atoms. The largest absolute Gasteiger partial charge is 0.493 e. The predicted octanol–water partition coefficient (Wildman–Crippen LogP) is 6.31. The van der Waals surface area contributed by atoms with Gasteiger partial charge in [0, 0.05) is 29.7 Å². The first-order valence-corrected chi connectivity index (χ1v) is 16.3. The van der Waals surface area contributed by atoms with Gasteiger partial charge in [-0.05, 0) is 54.1 Å². The minimum absolute atomic E-state index is 0.140. The summed E-state index contributed by atoms with van der Waals surface area (Å²) < 4.78 is 45.7. The second kappa shape index (κ2) is 15.7. The van der Waals surface area contributed by atoms with E-state index in [0.29, 0.717) is 77.6 Å². The van der Waals surface area contributed by atoms with E-state index in [0.717, 1.165) is 28.1 Å². The van der Waals surface area contributed by atoms with Crippen LogP contribution >= 0.6 is 0 Å². The Kier molecular flexibility index (Phi) is 10.7. The van der Waals surface area contributed by atoms with Crippen LogP contribution in [0.3, 0.4) is 0 Å². The highest BCUT2D eigenvalue weighted by molar-refractivity contribution is 6.02. The lowest BCUT2D eigenvalue weighted by Crippen LogP contribution is -2.38. The summed E-state index contributed by atoms with van der Waals surface area (Å²) in [5.41, 5.74) is 4.54. The zero-order valence-electron chi connectivity index (χ0n) is 29.4. The van der Waals surface area contributed by atoms with E-state index in [1.807, 2.05) is 60.7 Å². The van der Waals surface area contributed by atoms with Crippen LogP contribution in [0.25, 0.3) is 0 Å². The molecule has 0 spiro atoms. The number of amides is 1. The van der Waals surface area contributed by atoms with Crippen molar-refractivity contribution in [3.63, 3.8) is 0 Å². The van der Waals surface area contributed by atoms with Crippen LogP contribution in [-0.4, -0.2) is 67.5 Å². The number of benzene rings is 4. The maximum Gasteiger partial charge on any atom is 0.255 e. The molecule has 0 radical (unpaired) electrons. The Labute approximate surface area is 296 Å². The van der Waals surface area contributed by atoms with Crippen LogP contribution < -0.4 is 48.5 Å². The molecule has 6 rings (SSSR count). The maximum atomic E-state index is 12.6. The third-order valence-corrected chi connectivity index (χ3v) is 8.58. The molecule has 2 aliphatic heterocycles. The minimum Gasteiger partial charge on any atom is -0.493 e. The molecular formula is C38H41N3O10. The van der Waals surface area contributed by atoms with E-state index in [4.69, 9.17) is 42.7 Å². The average Bonchev–Trinajstić information content (AvgIpc) is 3.67. The Morgan fingerprint density at radius 1 is 0.667 bits per heavy atom. The van der Waals surface area contributed by atoms with Crippen molar-refractivity contribution in [1.29, 1.82) is 0 Å². The quantitative estimate of drug-likeness (QED) is 0.135. The number of para-hydroxylation sites is 1. The number of fused-ring (bicyclic) bond motifs is 1. The van der Waals surface area contributed by atoms with Gasteiger partial charge in [0.15, 0.2) is 40.6 Å². The number of nitrogens with one attached hydrogen (secondary N) is 2. The van der Waals surface area contributed by atoms with Crippen LogP contribution in [0.15, 0.2) is 71.9 Å². The third-order valence-electron chi connectivity index (χ3n) is 8.58. The van der Waals surface area contributed by atoms with Crippen molar-refractivity contribution < 1.29 is 47.5 Å². The second-order valence-electron chi connectivity index (χ2n) is 11.6. The molecule has 13 heteroatoms. The van der Waals surface area contributed by atoms with Crippen LogP contribution in [0, 0.1) is 0 Å². The van der Waals surface area contributed by atoms with Crippen LogP contribution in [-0.2, 0) is 4.84 Å². The van der Waals surface area contributed by atoms with Crippen LogP contribution in [0.2, 0.25) is 0 Å². The Bertz CT molecular complexity index is 1860. The first-order valence-electron chi connectivity index (χ1n) is 16.3. The van der Waals surface area contributed by atoms with E-state index in [1.54, 1.807) is 48.7 Å². The summed E-state index contributed by atoms with van der Waals surface area (Å²) in [6.45, 7) is 0.692. The minimum atomic E-state index is -0.406. The molecule has 2 aliphatic rings. The highest BCUT2D eigenvalue weighted by atomic mass is 16.6. The molecule has 2 unspecified atom stereocenters. The van der Waals surface area contributed by atoms with Crippen LogP contribution in [0.1, 0.15) is 52.2 Å². The third kappa shape index (κ3) is 7.32. The summed E-state index contributed by atoms with van der Waals surface area (Å²) in [7, 11) is 9.43. The van der Waals surface area contributed by atoms with Crippen molar-refractivity contribution in [1.82, 2.24) is 5.32 Å². The van der Waals surface area contributed by atoms with E-state index in [2.05, 4.69) is 15.8 Å². The van der Waals surface area contributed by atoms with Gasteiger partial charge < -0.3 is 53.4 Å². The molecule has 2 atom stereocenters. The van der Waals surface area contributed by atoms with E-state index in [1.165, 1.54) is 0 Å². The van der Waals surface area contributed by atoms with E-state index in [9.17, 15) is 4.79 Å². The molecule has 1 amide bonds. The molecule has 51 heavy (non-hydrogen) atoms. The molecule has 2 heterocycles. The normalized spacial score (nSPS) is 16.0. The number of hydrogen-bond acceptors (Lipinski definition) is 12. The predicted molar refractivity (Wildman–Crippen MR) is 189 cm³/mol. The number of oxime groups is 1. The molecule has 0 aromatic heterocycles. The van der Waals surface area contributed by atoms with Gasteiger partial charge in [-0.3, -0.25) is 4.79 Å². The standard InChI is InChI=1S/C38H41N3O10/c1-43-30-16-22(37-39-26-11-8-7-10-25(26)38(42)40-37)12-13-28(30)49-14-9-15-50-36-33(46-4)17-23(18-34(36)47-5)27-21-29(51-41-27)24-19-31(44-2)35(48-6)32(20-24)45-3/h7-8,10-13,16-20,29,37,39H,9,14-15,21H2,1-6H3,(H,40,42).